The second-order valence-electron chi connectivity index (χ2n) is 5.83. The average Bonchev–Trinajstić information content (AvgIpc) is 2.62. The second kappa shape index (κ2) is 6.84. The molecule has 3 rings (SSSR count). The summed E-state index contributed by atoms with van der Waals surface area (Å²) in [6, 6.07) is 15.7. The summed E-state index contributed by atoms with van der Waals surface area (Å²) < 4.78 is 5.48. The largest absolute Gasteiger partial charge is 0.496 e. The number of piperazine rings is 1. The number of amides is 1. The van der Waals surface area contributed by atoms with Gasteiger partial charge in [-0.1, -0.05) is 35.9 Å². The van der Waals surface area contributed by atoms with Crippen LogP contribution >= 0.6 is 0 Å². The number of ether oxygens (including phenoxy) is 1. The zero-order valence-corrected chi connectivity index (χ0v) is 13.6. The van der Waals surface area contributed by atoms with Crippen LogP contribution in [0, 0.1) is 6.92 Å². The Bertz CT molecular complexity index is 682. The highest BCUT2D eigenvalue weighted by Crippen LogP contribution is 2.31. The highest BCUT2D eigenvalue weighted by atomic mass is 16.5. The van der Waals surface area contributed by atoms with Gasteiger partial charge >= 0.3 is 0 Å². The van der Waals surface area contributed by atoms with Crippen LogP contribution in [0.3, 0.4) is 0 Å². The first-order chi connectivity index (χ1) is 11.2. The minimum absolute atomic E-state index is 0.0197. The van der Waals surface area contributed by atoms with Crippen molar-refractivity contribution in [2.24, 2.45) is 0 Å². The summed E-state index contributed by atoms with van der Waals surface area (Å²) in [6.07, 6.45) is 0. The Morgan fingerprint density at radius 3 is 2.65 bits per heavy atom. The van der Waals surface area contributed by atoms with Crippen LogP contribution in [-0.4, -0.2) is 37.6 Å². The summed E-state index contributed by atoms with van der Waals surface area (Å²) in [6.45, 7) is 4.26. The maximum Gasteiger partial charge on any atom is 0.254 e. The maximum absolute atomic E-state index is 13.0. The molecule has 1 saturated heterocycles. The Hall–Kier alpha value is -2.33. The molecule has 0 bridgehead atoms. The molecule has 23 heavy (non-hydrogen) atoms. The quantitative estimate of drug-likeness (QED) is 0.948. The number of para-hydroxylation sites is 1. The van der Waals surface area contributed by atoms with E-state index in [0.29, 0.717) is 6.54 Å². The highest BCUT2D eigenvalue weighted by Gasteiger charge is 2.30. The van der Waals surface area contributed by atoms with Crippen LogP contribution in [0.2, 0.25) is 0 Å². The van der Waals surface area contributed by atoms with Gasteiger partial charge in [0.15, 0.2) is 0 Å². The highest BCUT2D eigenvalue weighted by molar-refractivity contribution is 5.94. The van der Waals surface area contributed by atoms with Gasteiger partial charge in [0.25, 0.3) is 5.91 Å². The lowest BCUT2D eigenvalue weighted by Gasteiger charge is -2.37. The number of carbonyl (C=O) groups is 1. The molecular formula is C19H22N2O2. The molecule has 2 aromatic rings. The molecule has 1 N–H and O–H groups in total. The molecule has 4 heteroatoms. The van der Waals surface area contributed by atoms with Crippen LogP contribution in [0.1, 0.15) is 27.5 Å². The average molecular weight is 310 g/mol. The summed E-state index contributed by atoms with van der Waals surface area (Å²) in [4.78, 5) is 14.9. The molecule has 1 heterocycles. The molecule has 4 nitrogen and oxygen atoms in total. The van der Waals surface area contributed by atoms with E-state index in [1.807, 2.05) is 60.4 Å². The maximum atomic E-state index is 13.0. The Labute approximate surface area is 137 Å². The first-order valence-electron chi connectivity index (χ1n) is 7.92. The number of nitrogens with one attached hydrogen (secondary N) is 1. The molecule has 1 unspecified atom stereocenters. The van der Waals surface area contributed by atoms with Crippen molar-refractivity contribution in [3.05, 3.63) is 65.2 Å². The van der Waals surface area contributed by atoms with Crippen LogP contribution in [-0.2, 0) is 0 Å². The first-order valence-corrected chi connectivity index (χ1v) is 7.92. The number of carbonyl (C=O) groups excluding carboxylic acids is 1. The summed E-state index contributed by atoms with van der Waals surface area (Å²) in [5, 5.41) is 3.38. The van der Waals surface area contributed by atoms with Gasteiger partial charge in [-0.25, -0.2) is 0 Å². The van der Waals surface area contributed by atoms with Crippen molar-refractivity contribution in [2.75, 3.05) is 26.7 Å². The molecule has 0 aromatic heterocycles. The van der Waals surface area contributed by atoms with Gasteiger partial charge in [-0.3, -0.25) is 4.79 Å². The third kappa shape index (κ3) is 3.22. The first kappa shape index (κ1) is 15.6. The summed E-state index contributed by atoms with van der Waals surface area (Å²) in [5.41, 5.74) is 2.93. The topological polar surface area (TPSA) is 41.6 Å². The van der Waals surface area contributed by atoms with E-state index in [1.165, 1.54) is 0 Å². The standard InChI is InChI=1S/C19H22N2O2/c1-14-7-9-15(10-8-14)19(22)21-12-11-20-13-17(21)16-5-3-4-6-18(16)23-2/h3-10,17,20H,11-13H2,1-2H3. The molecule has 0 spiro atoms. The van der Waals surface area contributed by atoms with Gasteiger partial charge in [0.1, 0.15) is 5.75 Å². The van der Waals surface area contributed by atoms with Crippen LogP contribution < -0.4 is 10.1 Å². The summed E-state index contributed by atoms with van der Waals surface area (Å²) >= 11 is 0. The fraction of sp³-hybridized carbons (Fsp3) is 0.316. The number of hydrogen-bond donors (Lipinski definition) is 1. The lowest BCUT2D eigenvalue weighted by Crippen LogP contribution is -2.48. The smallest absolute Gasteiger partial charge is 0.254 e. The molecule has 1 aliphatic rings. The monoisotopic (exact) mass is 310 g/mol. The lowest BCUT2D eigenvalue weighted by atomic mass is 10.0. The van der Waals surface area contributed by atoms with E-state index in [4.69, 9.17) is 4.74 Å². The van der Waals surface area contributed by atoms with E-state index in [2.05, 4.69) is 5.32 Å². The van der Waals surface area contributed by atoms with Gasteiger partial charge in [-0.05, 0) is 25.1 Å². The van der Waals surface area contributed by atoms with Crippen molar-refractivity contribution in [1.29, 1.82) is 0 Å². The van der Waals surface area contributed by atoms with E-state index < -0.39 is 0 Å². The van der Waals surface area contributed by atoms with Gasteiger partial charge in [0.2, 0.25) is 0 Å². The summed E-state index contributed by atoms with van der Waals surface area (Å²) in [7, 11) is 1.67. The number of nitrogens with zero attached hydrogens (tertiary/aromatic N) is 1. The van der Waals surface area contributed by atoms with Crippen molar-refractivity contribution in [3.63, 3.8) is 0 Å². The van der Waals surface area contributed by atoms with Crippen LogP contribution in [0.15, 0.2) is 48.5 Å². The molecule has 0 radical (unpaired) electrons. The van der Waals surface area contributed by atoms with Gasteiger partial charge in [-0.15, -0.1) is 0 Å². The Kier molecular flexibility index (Phi) is 4.63. The van der Waals surface area contributed by atoms with Gasteiger partial charge in [-0.2, -0.15) is 0 Å². The third-order valence-corrected chi connectivity index (χ3v) is 4.30. The van der Waals surface area contributed by atoms with E-state index in [9.17, 15) is 4.79 Å². The number of aryl methyl sites for hydroxylation is 1. The molecular weight excluding hydrogens is 288 g/mol. The zero-order chi connectivity index (χ0) is 16.2. The predicted octanol–water partition coefficient (Wildman–Crippen LogP) is 2.79. The van der Waals surface area contributed by atoms with E-state index >= 15 is 0 Å². The van der Waals surface area contributed by atoms with Crippen molar-refractivity contribution in [1.82, 2.24) is 10.2 Å². The number of methoxy groups -OCH3 is 1. The van der Waals surface area contributed by atoms with Gasteiger partial charge in [0.05, 0.1) is 13.2 Å². The van der Waals surface area contributed by atoms with Crippen molar-refractivity contribution in [3.8, 4) is 5.75 Å². The minimum atomic E-state index is -0.0197. The van der Waals surface area contributed by atoms with Gasteiger partial charge < -0.3 is 15.0 Å². The Morgan fingerprint density at radius 1 is 1.17 bits per heavy atom. The van der Waals surface area contributed by atoms with E-state index in [-0.39, 0.29) is 11.9 Å². The van der Waals surface area contributed by atoms with Crippen molar-refractivity contribution in [2.45, 2.75) is 13.0 Å². The van der Waals surface area contributed by atoms with Crippen LogP contribution in [0.5, 0.6) is 5.75 Å². The molecule has 1 amide bonds. The molecule has 2 aromatic carbocycles. The predicted molar refractivity (Wildman–Crippen MR) is 90.8 cm³/mol. The fourth-order valence-corrected chi connectivity index (χ4v) is 3.03. The molecule has 1 atom stereocenters. The Balaban J connectivity index is 1.92. The van der Waals surface area contributed by atoms with Crippen LogP contribution in [0.25, 0.3) is 0 Å². The van der Waals surface area contributed by atoms with Crippen LogP contribution in [0.4, 0.5) is 0 Å². The third-order valence-electron chi connectivity index (χ3n) is 4.30. The van der Waals surface area contributed by atoms with Crippen molar-refractivity contribution >= 4 is 5.91 Å². The Morgan fingerprint density at radius 2 is 1.91 bits per heavy atom. The number of benzene rings is 2. The minimum Gasteiger partial charge on any atom is -0.496 e. The van der Waals surface area contributed by atoms with E-state index in [1.54, 1.807) is 7.11 Å². The number of hydrogen-bond acceptors (Lipinski definition) is 3. The lowest BCUT2D eigenvalue weighted by molar-refractivity contribution is 0.0631. The molecule has 0 saturated carbocycles. The SMILES string of the molecule is COc1ccccc1C1CNCCN1C(=O)c1ccc(C)cc1. The molecule has 1 aliphatic heterocycles. The fourth-order valence-electron chi connectivity index (χ4n) is 3.03. The van der Waals surface area contributed by atoms with Gasteiger partial charge in [0, 0.05) is 30.8 Å². The molecule has 1 fully saturated rings. The zero-order valence-electron chi connectivity index (χ0n) is 13.6. The molecule has 120 valence electrons. The number of rotatable bonds is 3. The van der Waals surface area contributed by atoms with Crippen molar-refractivity contribution < 1.29 is 9.53 Å². The van der Waals surface area contributed by atoms with E-state index in [0.717, 1.165) is 35.5 Å². The second-order valence-corrected chi connectivity index (χ2v) is 5.83. The molecule has 0 aliphatic carbocycles. The normalized spacial score (nSPS) is 17.8. The summed E-state index contributed by atoms with van der Waals surface area (Å²) in [5.74, 6) is 0.894.